The van der Waals surface area contributed by atoms with Crippen molar-refractivity contribution in [1.82, 2.24) is 19.8 Å². The van der Waals surface area contributed by atoms with Crippen molar-refractivity contribution in [2.45, 2.75) is 44.7 Å². The minimum absolute atomic E-state index is 0.0593. The van der Waals surface area contributed by atoms with Crippen LogP contribution in [0.3, 0.4) is 0 Å². The molecule has 0 spiro atoms. The predicted octanol–water partition coefficient (Wildman–Crippen LogP) is 4.08. The van der Waals surface area contributed by atoms with Gasteiger partial charge in [-0.1, -0.05) is 37.5 Å². The molecule has 4 rings (SSSR count). The van der Waals surface area contributed by atoms with Gasteiger partial charge >= 0.3 is 0 Å². The van der Waals surface area contributed by atoms with Crippen LogP contribution < -0.4 is 5.32 Å². The Morgan fingerprint density at radius 1 is 1.14 bits per heavy atom. The van der Waals surface area contributed by atoms with E-state index in [1.54, 1.807) is 12.4 Å². The number of hydrogen-bond donors (Lipinski definition) is 1. The fourth-order valence-electron chi connectivity index (χ4n) is 4.44. The van der Waals surface area contributed by atoms with Crippen LogP contribution in [0.5, 0.6) is 0 Å². The van der Waals surface area contributed by atoms with Crippen LogP contribution >= 0.6 is 0 Å². The number of carbonyl (C=O) groups is 1. The van der Waals surface area contributed by atoms with Crippen molar-refractivity contribution in [2.75, 3.05) is 20.1 Å². The Morgan fingerprint density at radius 2 is 1.93 bits per heavy atom. The second-order valence-electron chi connectivity index (χ2n) is 8.05. The number of benzene rings is 1. The molecule has 152 valence electrons. The van der Waals surface area contributed by atoms with E-state index in [2.05, 4.69) is 46.5 Å². The van der Waals surface area contributed by atoms with Gasteiger partial charge in [0.15, 0.2) is 0 Å². The lowest BCUT2D eigenvalue weighted by molar-refractivity contribution is -0.121. The molecule has 0 bridgehead atoms. The molecule has 2 aromatic heterocycles. The predicted molar refractivity (Wildman–Crippen MR) is 118 cm³/mol. The van der Waals surface area contributed by atoms with Gasteiger partial charge in [-0.25, -0.2) is 0 Å². The summed E-state index contributed by atoms with van der Waals surface area (Å²) in [5.74, 6) is 0.0593. The molecule has 1 amide bonds. The molecule has 0 saturated heterocycles. The molecule has 1 N–H and O–H groups in total. The van der Waals surface area contributed by atoms with E-state index < -0.39 is 0 Å². The Kier molecular flexibility index (Phi) is 6.25. The number of nitrogens with zero attached hydrogens (tertiary/aromatic N) is 3. The average Bonchev–Trinajstić information content (AvgIpc) is 3.18. The van der Waals surface area contributed by atoms with Gasteiger partial charge in [-0.2, -0.15) is 0 Å². The highest BCUT2D eigenvalue weighted by Gasteiger charge is 2.17. The SMILES string of the molecule is CN(CCNC(=O)Cn1ccc2cccc(-c3ccncc3)c21)C1CCCCC1. The van der Waals surface area contributed by atoms with Crippen LogP contribution in [0, 0.1) is 0 Å². The fraction of sp³-hybridized carbons (Fsp3) is 0.417. The van der Waals surface area contributed by atoms with Crippen molar-refractivity contribution in [1.29, 1.82) is 0 Å². The first-order chi connectivity index (χ1) is 14.2. The summed E-state index contributed by atoms with van der Waals surface area (Å²) in [6.45, 7) is 1.94. The number of amides is 1. The standard InChI is InChI=1S/C24H30N4O/c1-27(21-7-3-2-4-8-21)17-15-26-23(29)18-28-16-12-20-6-5-9-22(24(20)28)19-10-13-25-14-11-19/h5-6,9-14,16,21H,2-4,7-8,15,17-18H2,1H3,(H,26,29). The molecule has 2 heterocycles. The number of rotatable bonds is 7. The third-order valence-electron chi connectivity index (χ3n) is 6.08. The first-order valence-electron chi connectivity index (χ1n) is 10.7. The molecule has 0 radical (unpaired) electrons. The first kappa shape index (κ1) is 19.6. The molecule has 1 aliphatic rings. The topological polar surface area (TPSA) is 50.2 Å². The van der Waals surface area contributed by atoms with Crippen LogP contribution in [0.25, 0.3) is 22.0 Å². The van der Waals surface area contributed by atoms with E-state index in [0.717, 1.165) is 28.6 Å². The molecule has 1 aliphatic carbocycles. The van der Waals surface area contributed by atoms with E-state index in [4.69, 9.17) is 0 Å². The van der Waals surface area contributed by atoms with Gasteiger partial charge in [0.1, 0.15) is 6.54 Å². The van der Waals surface area contributed by atoms with Gasteiger partial charge in [-0.3, -0.25) is 9.78 Å². The second kappa shape index (κ2) is 9.23. The fourth-order valence-corrected chi connectivity index (χ4v) is 4.44. The zero-order valence-electron chi connectivity index (χ0n) is 17.2. The van der Waals surface area contributed by atoms with E-state index in [0.29, 0.717) is 19.1 Å². The maximum absolute atomic E-state index is 12.6. The molecule has 3 aromatic rings. The number of fused-ring (bicyclic) bond motifs is 1. The van der Waals surface area contributed by atoms with Crippen molar-refractivity contribution in [3.8, 4) is 11.1 Å². The molecule has 0 atom stereocenters. The van der Waals surface area contributed by atoms with Crippen LogP contribution in [0.4, 0.5) is 0 Å². The van der Waals surface area contributed by atoms with Crippen molar-refractivity contribution >= 4 is 16.8 Å². The first-order valence-corrected chi connectivity index (χ1v) is 10.7. The zero-order valence-corrected chi connectivity index (χ0v) is 17.2. The van der Waals surface area contributed by atoms with Crippen molar-refractivity contribution in [2.24, 2.45) is 0 Å². The van der Waals surface area contributed by atoms with Crippen LogP contribution in [-0.2, 0) is 11.3 Å². The highest BCUT2D eigenvalue weighted by Crippen LogP contribution is 2.29. The minimum atomic E-state index is 0.0593. The van der Waals surface area contributed by atoms with E-state index in [1.807, 2.05) is 22.9 Å². The Morgan fingerprint density at radius 3 is 2.72 bits per heavy atom. The summed E-state index contributed by atoms with van der Waals surface area (Å²) in [6.07, 6.45) is 12.2. The number of carbonyl (C=O) groups excluding carboxylic acids is 1. The summed E-state index contributed by atoms with van der Waals surface area (Å²) in [6, 6.07) is 13.0. The summed E-state index contributed by atoms with van der Waals surface area (Å²) in [5.41, 5.74) is 3.33. The molecule has 5 nitrogen and oxygen atoms in total. The quantitative estimate of drug-likeness (QED) is 0.661. The highest BCUT2D eigenvalue weighted by molar-refractivity contribution is 5.95. The molecular formula is C24H30N4O. The second-order valence-corrected chi connectivity index (χ2v) is 8.05. The number of aromatic nitrogens is 2. The van der Waals surface area contributed by atoms with Gasteiger partial charge in [-0.15, -0.1) is 0 Å². The van der Waals surface area contributed by atoms with Gasteiger partial charge in [0.2, 0.25) is 5.91 Å². The molecule has 5 heteroatoms. The van der Waals surface area contributed by atoms with Gasteiger partial charge in [0, 0.05) is 48.7 Å². The summed E-state index contributed by atoms with van der Waals surface area (Å²) >= 11 is 0. The van der Waals surface area contributed by atoms with E-state index in [1.165, 1.54) is 32.1 Å². The Balaban J connectivity index is 1.39. The normalized spacial score (nSPS) is 15.1. The number of hydrogen-bond acceptors (Lipinski definition) is 3. The summed E-state index contributed by atoms with van der Waals surface area (Å²) in [4.78, 5) is 19.1. The maximum Gasteiger partial charge on any atom is 0.239 e. The highest BCUT2D eigenvalue weighted by atomic mass is 16.1. The third kappa shape index (κ3) is 4.67. The van der Waals surface area contributed by atoms with Crippen molar-refractivity contribution in [3.05, 3.63) is 55.0 Å². The van der Waals surface area contributed by atoms with Crippen LogP contribution in [0.1, 0.15) is 32.1 Å². The average molecular weight is 391 g/mol. The molecule has 0 unspecified atom stereocenters. The number of nitrogens with one attached hydrogen (secondary N) is 1. The lowest BCUT2D eigenvalue weighted by Gasteiger charge is -2.31. The molecule has 0 aliphatic heterocycles. The van der Waals surface area contributed by atoms with Gasteiger partial charge in [0.05, 0.1) is 5.52 Å². The van der Waals surface area contributed by atoms with E-state index in [9.17, 15) is 4.79 Å². The number of pyridine rings is 1. The summed E-state index contributed by atoms with van der Waals surface area (Å²) in [5, 5.41) is 4.25. The van der Waals surface area contributed by atoms with Crippen LogP contribution in [-0.4, -0.2) is 46.5 Å². The van der Waals surface area contributed by atoms with E-state index in [-0.39, 0.29) is 5.91 Å². The molecule has 29 heavy (non-hydrogen) atoms. The van der Waals surface area contributed by atoms with Gasteiger partial charge in [-0.05, 0) is 43.7 Å². The Labute approximate surface area is 172 Å². The monoisotopic (exact) mass is 390 g/mol. The summed E-state index contributed by atoms with van der Waals surface area (Å²) < 4.78 is 2.05. The Bertz CT molecular complexity index is 944. The number of para-hydroxylation sites is 1. The van der Waals surface area contributed by atoms with Gasteiger partial charge in [0.25, 0.3) is 0 Å². The number of likely N-dealkylation sites (N-methyl/N-ethyl adjacent to an activating group) is 1. The van der Waals surface area contributed by atoms with E-state index >= 15 is 0 Å². The van der Waals surface area contributed by atoms with Crippen molar-refractivity contribution < 1.29 is 4.79 Å². The lowest BCUT2D eigenvalue weighted by Crippen LogP contribution is -2.40. The lowest BCUT2D eigenvalue weighted by atomic mass is 9.94. The maximum atomic E-state index is 12.6. The largest absolute Gasteiger partial charge is 0.353 e. The summed E-state index contributed by atoms with van der Waals surface area (Å²) in [7, 11) is 2.18. The Hall–Kier alpha value is -2.66. The third-order valence-corrected chi connectivity index (χ3v) is 6.08. The molecule has 1 fully saturated rings. The molecule has 1 saturated carbocycles. The van der Waals surface area contributed by atoms with Crippen molar-refractivity contribution in [3.63, 3.8) is 0 Å². The minimum Gasteiger partial charge on any atom is -0.353 e. The van der Waals surface area contributed by atoms with Gasteiger partial charge < -0.3 is 14.8 Å². The van der Waals surface area contributed by atoms with Crippen LogP contribution in [0.15, 0.2) is 55.0 Å². The smallest absolute Gasteiger partial charge is 0.239 e. The van der Waals surface area contributed by atoms with Crippen LogP contribution in [0.2, 0.25) is 0 Å². The molecular weight excluding hydrogens is 360 g/mol. The zero-order chi connectivity index (χ0) is 20.1. The molecule has 1 aromatic carbocycles.